The average molecular weight is 399 g/mol. The van der Waals surface area contributed by atoms with Crippen LogP contribution >= 0.6 is 0 Å². The Labute approximate surface area is 167 Å². The summed E-state index contributed by atoms with van der Waals surface area (Å²) in [6.45, 7) is 5.00. The standard InChI is InChI=1S/C21H22FN3O4/c1-12-17(13(2)25-21(28)18(12)10-23)8-9-19(26)29-14(3)20(27)24-11-15-4-6-16(22)7-5-15/h4-7,14H,8-9,11H2,1-3H3,(H,24,27)(H,25,28). The van der Waals surface area contributed by atoms with E-state index in [4.69, 9.17) is 10.00 Å². The van der Waals surface area contributed by atoms with Crippen molar-refractivity contribution in [2.75, 3.05) is 0 Å². The molecule has 0 aliphatic carbocycles. The highest BCUT2D eigenvalue weighted by Crippen LogP contribution is 2.15. The maximum absolute atomic E-state index is 12.9. The SMILES string of the molecule is Cc1[nH]c(=O)c(C#N)c(C)c1CCC(=O)OC(C)C(=O)NCc1ccc(F)cc1. The Bertz CT molecular complexity index is 1010. The van der Waals surface area contributed by atoms with E-state index < -0.39 is 23.5 Å². The van der Waals surface area contributed by atoms with E-state index in [9.17, 15) is 18.8 Å². The number of esters is 1. The molecule has 152 valence electrons. The molecule has 0 fully saturated rings. The lowest BCUT2D eigenvalue weighted by atomic mass is 9.99. The zero-order valence-electron chi connectivity index (χ0n) is 16.5. The molecule has 1 unspecified atom stereocenters. The number of halogens is 1. The number of pyridine rings is 1. The first kappa shape index (κ1) is 21.8. The molecule has 0 aliphatic heterocycles. The summed E-state index contributed by atoms with van der Waals surface area (Å²) in [6, 6.07) is 7.56. The Morgan fingerprint density at radius 1 is 1.28 bits per heavy atom. The molecule has 0 bridgehead atoms. The normalized spacial score (nSPS) is 11.4. The van der Waals surface area contributed by atoms with Gasteiger partial charge in [0.05, 0.1) is 0 Å². The molecule has 0 spiro atoms. The average Bonchev–Trinajstić information content (AvgIpc) is 2.67. The second-order valence-corrected chi connectivity index (χ2v) is 6.65. The van der Waals surface area contributed by atoms with Crippen molar-refractivity contribution in [2.45, 2.75) is 46.3 Å². The summed E-state index contributed by atoms with van der Waals surface area (Å²) in [5, 5.41) is 11.7. The quantitative estimate of drug-likeness (QED) is 0.693. The first-order chi connectivity index (χ1) is 13.7. The number of rotatable bonds is 7. The lowest BCUT2D eigenvalue weighted by Crippen LogP contribution is -2.35. The molecule has 1 heterocycles. The van der Waals surface area contributed by atoms with Gasteiger partial charge in [0.25, 0.3) is 11.5 Å². The Morgan fingerprint density at radius 2 is 1.93 bits per heavy atom. The molecular weight excluding hydrogens is 377 g/mol. The smallest absolute Gasteiger partial charge is 0.306 e. The second-order valence-electron chi connectivity index (χ2n) is 6.65. The number of carbonyl (C=O) groups is 2. The summed E-state index contributed by atoms with van der Waals surface area (Å²) in [5.41, 5.74) is 2.10. The first-order valence-corrected chi connectivity index (χ1v) is 9.07. The number of nitrogens with one attached hydrogen (secondary N) is 2. The molecule has 1 atom stereocenters. The number of amides is 1. The van der Waals surface area contributed by atoms with Crippen LogP contribution in [0.4, 0.5) is 4.39 Å². The van der Waals surface area contributed by atoms with Gasteiger partial charge < -0.3 is 15.0 Å². The Morgan fingerprint density at radius 3 is 2.55 bits per heavy atom. The van der Waals surface area contributed by atoms with Crippen LogP contribution in [0.15, 0.2) is 29.1 Å². The van der Waals surface area contributed by atoms with Gasteiger partial charge in [0, 0.05) is 18.7 Å². The van der Waals surface area contributed by atoms with Crippen LogP contribution in [0, 0.1) is 31.0 Å². The third-order valence-electron chi connectivity index (χ3n) is 4.56. The van der Waals surface area contributed by atoms with E-state index in [0.29, 0.717) is 16.8 Å². The van der Waals surface area contributed by atoms with Crippen LogP contribution in [0.1, 0.15) is 41.3 Å². The van der Waals surface area contributed by atoms with Crippen LogP contribution < -0.4 is 10.9 Å². The number of hydrogen-bond acceptors (Lipinski definition) is 5. The molecule has 1 aromatic carbocycles. The molecule has 7 nitrogen and oxygen atoms in total. The van der Waals surface area contributed by atoms with Crippen LogP contribution in [-0.2, 0) is 27.3 Å². The van der Waals surface area contributed by atoms with Crippen LogP contribution in [-0.4, -0.2) is 23.0 Å². The van der Waals surface area contributed by atoms with Crippen molar-refractivity contribution in [2.24, 2.45) is 0 Å². The van der Waals surface area contributed by atoms with Gasteiger partial charge in [-0.1, -0.05) is 12.1 Å². The van der Waals surface area contributed by atoms with Crippen LogP contribution in [0.5, 0.6) is 0 Å². The zero-order chi connectivity index (χ0) is 21.6. The molecule has 29 heavy (non-hydrogen) atoms. The molecule has 2 aromatic rings. The van der Waals surface area contributed by atoms with Crippen molar-refractivity contribution < 1.29 is 18.7 Å². The van der Waals surface area contributed by atoms with E-state index >= 15 is 0 Å². The van der Waals surface area contributed by atoms with Gasteiger partial charge in [0.2, 0.25) is 0 Å². The predicted molar refractivity (Wildman–Crippen MR) is 103 cm³/mol. The first-order valence-electron chi connectivity index (χ1n) is 9.07. The van der Waals surface area contributed by atoms with Crippen molar-refractivity contribution in [1.29, 1.82) is 5.26 Å². The molecule has 0 saturated carbocycles. The lowest BCUT2D eigenvalue weighted by molar-refractivity contribution is -0.154. The van der Waals surface area contributed by atoms with Crippen molar-refractivity contribution >= 4 is 11.9 Å². The predicted octanol–water partition coefficient (Wildman–Crippen LogP) is 2.18. The summed E-state index contributed by atoms with van der Waals surface area (Å²) in [4.78, 5) is 38.5. The zero-order valence-corrected chi connectivity index (χ0v) is 16.5. The summed E-state index contributed by atoms with van der Waals surface area (Å²) in [5.74, 6) is -1.40. The van der Waals surface area contributed by atoms with Gasteiger partial charge in [-0.3, -0.25) is 14.4 Å². The highest BCUT2D eigenvalue weighted by molar-refractivity contribution is 5.83. The van der Waals surface area contributed by atoms with Gasteiger partial charge in [0.15, 0.2) is 6.10 Å². The van der Waals surface area contributed by atoms with Gasteiger partial charge in [0.1, 0.15) is 17.4 Å². The van der Waals surface area contributed by atoms with E-state index in [1.54, 1.807) is 26.0 Å². The molecule has 0 radical (unpaired) electrons. The number of ether oxygens (including phenoxy) is 1. The van der Waals surface area contributed by atoms with E-state index in [1.807, 2.05) is 6.07 Å². The van der Waals surface area contributed by atoms with Gasteiger partial charge in [-0.25, -0.2) is 4.39 Å². The van der Waals surface area contributed by atoms with Crippen LogP contribution in [0.3, 0.4) is 0 Å². The number of carbonyl (C=O) groups excluding carboxylic acids is 2. The third-order valence-corrected chi connectivity index (χ3v) is 4.56. The Hall–Kier alpha value is -3.47. The molecule has 0 aliphatic rings. The summed E-state index contributed by atoms with van der Waals surface area (Å²) in [7, 11) is 0. The number of nitriles is 1. The van der Waals surface area contributed by atoms with Crippen molar-refractivity contribution in [3.8, 4) is 6.07 Å². The molecular formula is C21H22FN3O4. The number of aryl methyl sites for hydroxylation is 1. The number of aromatic amines is 1. The molecule has 2 N–H and O–H groups in total. The lowest BCUT2D eigenvalue weighted by Gasteiger charge is -2.14. The van der Waals surface area contributed by atoms with Crippen molar-refractivity contribution in [3.05, 3.63) is 68.4 Å². The summed E-state index contributed by atoms with van der Waals surface area (Å²) >= 11 is 0. The van der Waals surface area contributed by atoms with Crippen LogP contribution in [0.2, 0.25) is 0 Å². The van der Waals surface area contributed by atoms with Gasteiger partial charge in [-0.05, 0) is 56.0 Å². The summed E-state index contributed by atoms with van der Waals surface area (Å²) in [6.07, 6.45) is -0.726. The highest BCUT2D eigenvalue weighted by atomic mass is 19.1. The fraction of sp³-hybridized carbons (Fsp3) is 0.333. The highest BCUT2D eigenvalue weighted by Gasteiger charge is 2.19. The van der Waals surface area contributed by atoms with E-state index in [1.165, 1.54) is 19.1 Å². The van der Waals surface area contributed by atoms with Gasteiger partial charge >= 0.3 is 5.97 Å². The van der Waals surface area contributed by atoms with Crippen molar-refractivity contribution in [3.63, 3.8) is 0 Å². The number of aromatic nitrogens is 1. The largest absolute Gasteiger partial charge is 0.453 e. The fourth-order valence-electron chi connectivity index (χ4n) is 2.89. The molecule has 0 saturated heterocycles. The van der Waals surface area contributed by atoms with Gasteiger partial charge in [-0.15, -0.1) is 0 Å². The Kier molecular flexibility index (Phi) is 7.26. The van der Waals surface area contributed by atoms with E-state index in [0.717, 1.165) is 5.56 Å². The topological polar surface area (TPSA) is 112 Å². The van der Waals surface area contributed by atoms with E-state index in [2.05, 4.69) is 10.3 Å². The maximum Gasteiger partial charge on any atom is 0.306 e. The third kappa shape index (κ3) is 5.75. The number of nitrogens with zero attached hydrogens (tertiary/aromatic N) is 1. The van der Waals surface area contributed by atoms with Crippen molar-refractivity contribution in [1.82, 2.24) is 10.3 Å². The Balaban J connectivity index is 1.89. The minimum atomic E-state index is -0.990. The summed E-state index contributed by atoms with van der Waals surface area (Å²) < 4.78 is 18.0. The second kappa shape index (κ2) is 9.64. The number of H-pyrrole nitrogens is 1. The molecule has 8 heteroatoms. The maximum atomic E-state index is 12.9. The monoisotopic (exact) mass is 399 g/mol. The van der Waals surface area contributed by atoms with E-state index in [-0.39, 0.29) is 30.8 Å². The number of benzene rings is 1. The molecule has 2 rings (SSSR count). The minimum Gasteiger partial charge on any atom is -0.453 e. The minimum absolute atomic E-state index is 0.00578. The number of hydrogen-bond donors (Lipinski definition) is 2. The fourth-order valence-corrected chi connectivity index (χ4v) is 2.89. The van der Waals surface area contributed by atoms with Crippen LogP contribution in [0.25, 0.3) is 0 Å². The van der Waals surface area contributed by atoms with Gasteiger partial charge in [-0.2, -0.15) is 5.26 Å². The molecule has 1 aromatic heterocycles. The molecule has 1 amide bonds.